The Hall–Kier alpha value is -0.830. The first kappa shape index (κ1) is 11.6. The number of nitrogens with two attached hydrogens (primary N) is 1. The van der Waals surface area contributed by atoms with Gasteiger partial charge in [-0.2, -0.15) is 5.10 Å². The van der Waals surface area contributed by atoms with E-state index < -0.39 is 0 Å². The lowest BCUT2D eigenvalue weighted by atomic mass is 9.80. The van der Waals surface area contributed by atoms with Crippen LogP contribution in [0.3, 0.4) is 0 Å². The van der Waals surface area contributed by atoms with Gasteiger partial charge in [-0.3, -0.25) is 4.68 Å². The first-order valence-electron chi connectivity index (χ1n) is 6.39. The van der Waals surface area contributed by atoms with Gasteiger partial charge in [-0.1, -0.05) is 13.3 Å². The van der Waals surface area contributed by atoms with Gasteiger partial charge in [-0.15, -0.1) is 0 Å². The monoisotopic (exact) mass is 221 g/mol. The first-order valence-corrected chi connectivity index (χ1v) is 6.39. The van der Waals surface area contributed by atoms with Crippen molar-refractivity contribution in [2.45, 2.75) is 46.1 Å². The number of hydrogen-bond acceptors (Lipinski definition) is 2. The molecule has 16 heavy (non-hydrogen) atoms. The highest BCUT2D eigenvalue weighted by Gasteiger charge is 2.36. The fraction of sp³-hybridized carbons (Fsp3) is 0.769. The molecule has 0 radical (unpaired) electrons. The van der Waals surface area contributed by atoms with Gasteiger partial charge in [0.05, 0.1) is 6.20 Å². The number of aryl methyl sites for hydroxylation is 1. The summed E-state index contributed by atoms with van der Waals surface area (Å²) in [5, 5.41) is 4.34. The fourth-order valence-corrected chi connectivity index (χ4v) is 3.02. The Morgan fingerprint density at radius 2 is 2.44 bits per heavy atom. The van der Waals surface area contributed by atoms with Crippen LogP contribution >= 0.6 is 0 Å². The smallest absolute Gasteiger partial charge is 0.0521 e. The molecule has 90 valence electrons. The van der Waals surface area contributed by atoms with Crippen LogP contribution in [-0.4, -0.2) is 16.3 Å². The Morgan fingerprint density at radius 1 is 1.62 bits per heavy atom. The molecule has 1 fully saturated rings. The van der Waals surface area contributed by atoms with Crippen LogP contribution in [0.2, 0.25) is 0 Å². The summed E-state index contributed by atoms with van der Waals surface area (Å²) in [6.45, 7) is 6.22. The molecule has 1 saturated carbocycles. The normalized spacial score (nSPS) is 29.8. The molecule has 0 aliphatic heterocycles. The predicted molar refractivity (Wildman–Crippen MR) is 66.1 cm³/mol. The van der Waals surface area contributed by atoms with Crippen molar-refractivity contribution in [3.8, 4) is 0 Å². The maximum Gasteiger partial charge on any atom is 0.0521 e. The topological polar surface area (TPSA) is 43.8 Å². The van der Waals surface area contributed by atoms with E-state index in [1.807, 2.05) is 10.9 Å². The van der Waals surface area contributed by atoms with E-state index in [0.717, 1.165) is 25.4 Å². The van der Waals surface area contributed by atoms with Crippen molar-refractivity contribution in [1.29, 1.82) is 0 Å². The molecule has 0 spiro atoms. The van der Waals surface area contributed by atoms with Crippen LogP contribution in [0.4, 0.5) is 0 Å². The summed E-state index contributed by atoms with van der Waals surface area (Å²) in [5.74, 6) is 0.838. The van der Waals surface area contributed by atoms with E-state index >= 15 is 0 Å². The van der Waals surface area contributed by atoms with Crippen LogP contribution in [0.15, 0.2) is 12.4 Å². The quantitative estimate of drug-likeness (QED) is 0.847. The molecule has 0 saturated heterocycles. The van der Waals surface area contributed by atoms with Crippen LogP contribution in [0.1, 0.15) is 38.7 Å². The van der Waals surface area contributed by atoms with Crippen molar-refractivity contribution in [3.63, 3.8) is 0 Å². The van der Waals surface area contributed by atoms with Gasteiger partial charge >= 0.3 is 0 Å². The maximum absolute atomic E-state index is 5.99. The summed E-state index contributed by atoms with van der Waals surface area (Å²) in [4.78, 5) is 0. The van der Waals surface area contributed by atoms with Crippen molar-refractivity contribution < 1.29 is 0 Å². The Balaban J connectivity index is 2.06. The van der Waals surface area contributed by atoms with Gasteiger partial charge in [0.2, 0.25) is 0 Å². The molecule has 3 heteroatoms. The lowest BCUT2D eigenvalue weighted by molar-refractivity contribution is 0.295. The Kier molecular flexibility index (Phi) is 3.33. The molecular weight excluding hydrogens is 198 g/mol. The van der Waals surface area contributed by atoms with E-state index in [1.165, 1.54) is 24.8 Å². The minimum absolute atomic E-state index is 0.348. The molecule has 1 aliphatic rings. The predicted octanol–water partition coefficient (Wildman–Crippen LogP) is 2.21. The number of hydrogen-bond donors (Lipinski definition) is 1. The highest BCUT2D eigenvalue weighted by Crippen LogP contribution is 2.43. The third kappa shape index (κ3) is 2.29. The molecule has 2 N–H and O–H groups in total. The second-order valence-corrected chi connectivity index (χ2v) is 5.43. The molecule has 0 amide bonds. The molecule has 2 unspecified atom stereocenters. The Bertz CT molecular complexity index is 345. The van der Waals surface area contributed by atoms with Crippen LogP contribution in [0.5, 0.6) is 0 Å². The van der Waals surface area contributed by atoms with Crippen molar-refractivity contribution in [1.82, 2.24) is 9.78 Å². The third-order valence-electron chi connectivity index (χ3n) is 3.97. The maximum atomic E-state index is 5.99. The lowest BCUT2D eigenvalue weighted by Crippen LogP contribution is -2.30. The second kappa shape index (κ2) is 4.58. The highest BCUT2D eigenvalue weighted by atomic mass is 15.3. The first-order chi connectivity index (χ1) is 7.67. The zero-order valence-corrected chi connectivity index (χ0v) is 10.4. The van der Waals surface area contributed by atoms with Crippen molar-refractivity contribution >= 4 is 0 Å². The number of aromatic nitrogens is 2. The van der Waals surface area contributed by atoms with Gasteiger partial charge in [0.25, 0.3) is 0 Å². The fourth-order valence-electron chi connectivity index (χ4n) is 3.02. The molecule has 2 rings (SSSR count). The van der Waals surface area contributed by atoms with Crippen LogP contribution in [0.25, 0.3) is 0 Å². The minimum atomic E-state index is 0.348. The second-order valence-electron chi connectivity index (χ2n) is 5.43. The summed E-state index contributed by atoms with van der Waals surface area (Å²) >= 11 is 0. The average Bonchev–Trinajstić information content (AvgIpc) is 2.87. The van der Waals surface area contributed by atoms with Gasteiger partial charge in [0.1, 0.15) is 0 Å². The molecule has 0 aromatic carbocycles. The Labute approximate surface area is 98.0 Å². The summed E-state index contributed by atoms with van der Waals surface area (Å²) < 4.78 is 2.00. The summed E-state index contributed by atoms with van der Waals surface area (Å²) in [6, 6.07) is 0. The van der Waals surface area contributed by atoms with Crippen LogP contribution < -0.4 is 5.73 Å². The lowest BCUT2D eigenvalue weighted by Gasteiger charge is -2.27. The molecule has 1 heterocycles. The molecule has 1 aliphatic carbocycles. The third-order valence-corrected chi connectivity index (χ3v) is 3.97. The van der Waals surface area contributed by atoms with E-state index in [9.17, 15) is 0 Å². The zero-order chi connectivity index (χ0) is 11.6. The minimum Gasteiger partial charge on any atom is -0.330 e. The van der Waals surface area contributed by atoms with E-state index in [0.29, 0.717) is 5.41 Å². The molecule has 1 aromatic rings. The standard InChI is InChI=1S/C13H23N3/c1-3-16-9-12(8-15-16)7-13(10-14)5-4-11(2)6-13/h8-9,11H,3-7,10,14H2,1-2H3. The van der Waals surface area contributed by atoms with E-state index in [4.69, 9.17) is 5.73 Å². The molecule has 0 bridgehead atoms. The van der Waals surface area contributed by atoms with Crippen LogP contribution in [0, 0.1) is 11.3 Å². The Morgan fingerprint density at radius 3 is 2.94 bits per heavy atom. The van der Waals surface area contributed by atoms with Crippen molar-refractivity contribution in [2.24, 2.45) is 17.1 Å². The largest absolute Gasteiger partial charge is 0.330 e. The van der Waals surface area contributed by atoms with Crippen molar-refractivity contribution in [2.75, 3.05) is 6.54 Å². The van der Waals surface area contributed by atoms with Gasteiger partial charge in [0, 0.05) is 12.7 Å². The van der Waals surface area contributed by atoms with Crippen molar-refractivity contribution in [3.05, 3.63) is 18.0 Å². The highest BCUT2D eigenvalue weighted by molar-refractivity contribution is 5.09. The SMILES string of the molecule is CCn1cc(CC2(CN)CCC(C)C2)cn1. The number of nitrogens with zero attached hydrogens (tertiary/aromatic N) is 2. The van der Waals surface area contributed by atoms with E-state index in [-0.39, 0.29) is 0 Å². The molecule has 2 atom stereocenters. The zero-order valence-electron chi connectivity index (χ0n) is 10.4. The molecular formula is C13H23N3. The number of rotatable bonds is 4. The summed E-state index contributed by atoms with van der Waals surface area (Å²) in [5.41, 5.74) is 7.69. The molecule has 1 aromatic heterocycles. The molecule has 3 nitrogen and oxygen atoms in total. The average molecular weight is 221 g/mol. The van der Waals surface area contributed by atoms with Gasteiger partial charge in [-0.25, -0.2) is 0 Å². The van der Waals surface area contributed by atoms with Crippen LogP contribution in [-0.2, 0) is 13.0 Å². The van der Waals surface area contributed by atoms with Gasteiger partial charge < -0.3 is 5.73 Å². The summed E-state index contributed by atoms with van der Waals surface area (Å²) in [6.07, 6.45) is 9.17. The van der Waals surface area contributed by atoms with Gasteiger partial charge in [-0.05, 0) is 49.6 Å². The van der Waals surface area contributed by atoms with Gasteiger partial charge in [0.15, 0.2) is 0 Å². The van der Waals surface area contributed by atoms with E-state index in [1.54, 1.807) is 0 Å². The summed E-state index contributed by atoms with van der Waals surface area (Å²) in [7, 11) is 0. The van der Waals surface area contributed by atoms with E-state index in [2.05, 4.69) is 25.1 Å².